The minimum atomic E-state index is -0.149. The van der Waals surface area contributed by atoms with Gasteiger partial charge in [-0.2, -0.15) is 0 Å². The molecule has 0 saturated carbocycles. The van der Waals surface area contributed by atoms with Gasteiger partial charge < -0.3 is 10.1 Å². The van der Waals surface area contributed by atoms with Gasteiger partial charge in [-0.25, -0.2) is 4.39 Å². The minimum absolute atomic E-state index is 0.149. The second kappa shape index (κ2) is 6.99. The highest BCUT2D eigenvalue weighted by atomic mass is 79.9. The fraction of sp³-hybridized carbons (Fsp3) is 0.500. The van der Waals surface area contributed by atoms with E-state index in [1.165, 1.54) is 6.07 Å². The molecule has 0 amide bonds. The number of nitrogens with one attached hydrogen (secondary N) is 1. The molecule has 0 aliphatic carbocycles. The van der Waals surface area contributed by atoms with Crippen molar-refractivity contribution in [2.75, 3.05) is 20.3 Å². The molecule has 0 radical (unpaired) electrons. The lowest BCUT2D eigenvalue weighted by Gasteiger charge is -2.12. The van der Waals surface area contributed by atoms with Gasteiger partial charge in [0, 0.05) is 17.6 Å². The van der Waals surface area contributed by atoms with E-state index < -0.39 is 0 Å². The van der Waals surface area contributed by atoms with Gasteiger partial charge in [0.2, 0.25) is 0 Å². The number of halogens is 2. The topological polar surface area (TPSA) is 21.3 Å². The lowest BCUT2D eigenvalue weighted by Crippen LogP contribution is -2.31. The molecule has 1 aromatic rings. The zero-order valence-corrected chi connectivity index (χ0v) is 11.2. The Labute approximate surface area is 104 Å². The number of methoxy groups -OCH3 is 1. The molecule has 1 rings (SSSR count). The van der Waals surface area contributed by atoms with E-state index in [2.05, 4.69) is 21.2 Å². The number of benzene rings is 1. The van der Waals surface area contributed by atoms with Crippen molar-refractivity contribution in [2.45, 2.75) is 19.4 Å². The normalized spacial score (nSPS) is 12.8. The molecule has 0 heterocycles. The van der Waals surface area contributed by atoms with Crippen LogP contribution in [0.1, 0.15) is 12.5 Å². The third kappa shape index (κ3) is 4.60. The molecule has 1 unspecified atom stereocenters. The van der Waals surface area contributed by atoms with Crippen molar-refractivity contribution in [3.8, 4) is 0 Å². The van der Waals surface area contributed by atoms with E-state index in [1.54, 1.807) is 13.2 Å². The first-order valence-electron chi connectivity index (χ1n) is 5.29. The summed E-state index contributed by atoms with van der Waals surface area (Å²) >= 11 is 3.33. The van der Waals surface area contributed by atoms with E-state index in [4.69, 9.17) is 4.74 Å². The van der Waals surface area contributed by atoms with Gasteiger partial charge in [0.25, 0.3) is 0 Å². The molecular weight excluding hydrogens is 273 g/mol. The van der Waals surface area contributed by atoms with E-state index in [1.807, 2.05) is 13.0 Å². The molecule has 1 N–H and O–H groups in total. The quantitative estimate of drug-likeness (QED) is 0.870. The van der Waals surface area contributed by atoms with Crippen LogP contribution in [0.25, 0.3) is 0 Å². The summed E-state index contributed by atoms with van der Waals surface area (Å²) in [5.41, 5.74) is 0.728. The minimum Gasteiger partial charge on any atom is -0.383 e. The summed E-state index contributed by atoms with van der Waals surface area (Å²) in [7, 11) is 1.67. The molecule has 0 spiro atoms. The second-order valence-electron chi connectivity index (χ2n) is 3.80. The molecule has 4 heteroatoms. The Balaban J connectivity index is 2.39. The molecule has 90 valence electrons. The summed E-state index contributed by atoms with van der Waals surface area (Å²) < 4.78 is 19.3. The van der Waals surface area contributed by atoms with Crippen LogP contribution in [0, 0.1) is 5.82 Å². The first kappa shape index (κ1) is 13.6. The van der Waals surface area contributed by atoms with Gasteiger partial charge in [-0.1, -0.05) is 15.9 Å². The van der Waals surface area contributed by atoms with Crippen molar-refractivity contribution >= 4 is 15.9 Å². The van der Waals surface area contributed by atoms with Crippen molar-refractivity contribution in [1.82, 2.24) is 5.32 Å². The Bertz CT molecular complexity index is 333. The van der Waals surface area contributed by atoms with E-state index in [9.17, 15) is 4.39 Å². The van der Waals surface area contributed by atoms with Crippen molar-refractivity contribution in [3.63, 3.8) is 0 Å². The predicted molar refractivity (Wildman–Crippen MR) is 67.1 cm³/mol. The fourth-order valence-electron chi connectivity index (χ4n) is 1.50. The van der Waals surface area contributed by atoms with E-state index in [0.29, 0.717) is 19.1 Å². The highest BCUT2D eigenvalue weighted by Gasteiger charge is 2.04. The molecule has 0 aliphatic heterocycles. The van der Waals surface area contributed by atoms with Crippen LogP contribution in [0.2, 0.25) is 0 Å². The summed E-state index contributed by atoms with van der Waals surface area (Å²) in [4.78, 5) is 0. The van der Waals surface area contributed by atoms with Crippen molar-refractivity contribution < 1.29 is 9.13 Å². The number of hydrogen-bond acceptors (Lipinski definition) is 2. The highest BCUT2D eigenvalue weighted by Crippen LogP contribution is 2.15. The van der Waals surface area contributed by atoms with E-state index in [0.717, 1.165) is 16.6 Å². The summed E-state index contributed by atoms with van der Waals surface area (Å²) in [5, 5.41) is 3.27. The molecule has 0 fully saturated rings. The smallest absolute Gasteiger partial charge is 0.126 e. The number of rotatable bonds is 6. The van der Waals surface area contributed by atoms with Gasteiger partial charge in [0.15, 0.2) is 0 Å². The maximum Gasteiger partial charge on any atom is 0.126 e. The third-order valence-corrected chi connectivity index (χ3v) is 2.80. The lowest BCUT2D eigenvalue weighted by molar-refractivity contribution is 0.172. The van der Waals surface area contributed by atoms with Gasteiger partial charge in [0.1, 0.15) is 5.82 Å². The van der Waals surface area contributed by atoms with Crippen LogP contribution in [-0.2, 0) is 11.2 Å². The van der Waals surface area contributed by atoms with Gasteiger partial charge >= 0.3 is 0 Å². The van der Waals surface area contributed by atoms with Crippen molar-refractivity contribution in [1.29, 1.82) is 0 Å². The Kier molecular flexibility index (Phi) is 5.95. The maximum atomic E-state index is 13.4. The van der Waals surface area contributed by atoms with E-state index >= 15 is 0 Å². The Morgan fingerprint density at radius 2 is 2.25 bits per heavy atom. The first-order valence-corrected chi connectivity index (χ1v) is 6.09. The zero-order valence-electron chi connectivity index (χ0n) is 9.59. The molecule has 2 nitrogen and oxygen atoms in total. The molecule has 0 bridgehead atoms. The predicted octanol–water partition coefficient (Wildman–Crippen LogP) is 2.76. The van der Waals surface area contributed by atoms with Crippen LogP contribution in [-0.4, -0.2) is 26.3 Å². The van der Waals surface area contributed by atoms with Gasteiger partial charge in [-0.15, -0.1) is 0 Å². The van der Waals surface area contributed by atoms with Crippen LogP contribution in [0.5, 0.6) is 0 Å². The molecule has 0 saturated heterocycles. The van der Waals surface area contributed by atoms with Gasteiger partial charge in [-0.3, -0.25) is 0 Å². The van der Waals surface area contributed by atoms with Crippen molar-refractivity contribution in [2.24, 2.45) is 0 Å². The summed E-state index contributed by atoms with van der Waals surface area (Å²) in [6.07, 6.45) is 0.680. The van der Waals surface area contributed by atoms with Crippen LogP contribution >= 0.6 is 15.9 Å². The van der Waals surface area contributed by atoms with E-state index in [-0.39, 0.29) is 5.82 Å². The van der Waals surface area contributed by atoms with Crippen LogP contribution in [0.3, 0.4) is 0 Å². The molecule has 1 aromatic carbocycles. The van der Waals surface area contributed by atoms with Crippen LogP contribution < -0.4 is 5.32 Å². The molecule has 1 atom stereocenters. The summed E-state index contributed by atoms with van der Waals surface area (Å²) in [6.45, 7) is 3.46. The molecule has 0 aromatic heterocycles. The Hall–Kier alpha value is -0.450. The van der Waals surface area contributed by atoms with Crippen LogP contribution in [0.4, 0.5) is 4.39 Å². The Morgan fingerprint density at radius 3 is 2.94 bits per heavy atom. The monoisotopic (exact) mass is 289 g/mol. The largest absolute Gasteiger partial charge is 0.383 e. The molecule has 16 heavy (non-hydrogen) atoms. The van der Waals surface area contributed by atoms with Gasteiger partial charge in [-0.05, 0) is 43.7 Å². The molecular formula is C12H17BrFNO. The SMILES string of the molecule is COCC(C)NCCc1cc(Br)ccc1F. The number of ether oxygens (including phenoxy) is 1. The maximum absolute atomic E-state index is 13.4. The van der Waals surface area contributed by atoms with Crippen LogP contribution in [0.15, 0.2) is 22.7 Å². The van der Waals surface area contributed by atoms with Crippen molar-refractivity contribution in [3.05, 3.63) is 34.1 Å². The molecule has 0 aliphatic rings. The lowest BCUT2D eigenvalue weighted by atomic mass is 10.1. The summed E-state index contributed by atoms with van der Waals surface area (Å²) in [5.74, 6) is -0.149. The second-order valence-corrected chi connectivity index (χ2v) is 4.71. The third-order valence-electron chi connectivity index (χ3n) is 2.31. The number of hydrogen-bond donors (Lipinski definition) is 1. The Morgan fingerprint density at radius 1 is 1.50 bits per heavy atom. The highest BCUT2D eigenvalue weighted by molar-refractivity contribution is 9.10. The standard InChI is InChI=1S/C12H17BrFNO/c1-9(8-16-2)15-6-5-10-7-11(13)3-4-12(10)14/h3-4,7,9,15H,5-6,8H2,1-2H3. The zero-order chi connectivity index (χ0) is 12.0. The first-order chi connectivity index (χ1) is 7.63. The average Bonchev–Trinajstić information content (AvgIpc) is 2.23. The fourth-order valence-corrected chi connectivity index (χ4v) is 1.91. The average molecular weight is 290 g/mol. The van der Waals surface area contributed by atoms with Gasteiger partial charge in [0.05, 0.1) is 6.61 Å². The summed E-state index contributed by atoms with van der Waals surface area (Å²) in [6, 6.07) is 5.30.